The van der Waals surface area contributed by atoms with Crippen LogP contribution in [0, 0.1) is 12.7 Å². The molecule has 0 aliphatic rings. The Hall–Kier alpha value is -2.31. The molecule has 0 atom stereocenters. The van der Waals surface area contributed by atoms with Crippen LogP contribution in [0.5, 0.6) is 0 Å². The Morgan fingerprint density at radius 1 is 1.42 bits per heavy atom. The maximum atomic E-state index is 13.6. The van der Waals surface area contributed by atoms with E-state index in [-0.39, 0.29) is 11.6 Å². The molecule has 1 aromatic carbocycles. The number of carbonyl (C=O) groups is 1. The molecule has 1 N–H and O–H groups in total. The average Bonchev–Trinajstić information content (AvgIpc) is 2.82. The maximum Gasteiger partial charge on any atom is 0.331 e. The molecule has 0 bridgehead atoms. The predicted octanol–water partition coefficient (Wildman–Crippen LogP) is 1.61. The molecule has 0 spiro atoms. The lowest BCUT2D eigenvalue weighted by Crippen LogP contribution is -2.37. The lowest BCUT2D eigenvalue weighted by molar-refractivity contribution is -0.146. The minimum absolute atomic E-state index is 0.214. The van der Waals surface area contributed by atoms with E-state index in [9.17, 15) is 14.3 Å². The van der Waals surface area contributed by atoms with Crippen LogP contribution in [-0.2, 0) is 10.3 Å². The second kappa shape index (κ2) is 4.42. The summed E-state index contributed by atoms with van der Waals surface area (Å²) in [6, 6.07) is 4.53. The van der Waals surface area contributed by atoms with Gasteiger partial charge in [-0.25, -0.2) is 13.9 Å². The third-order valence-corrected chi connectivity index (χ3v) is 2.95. The van der Waals surface area contributed by atoms with E-state index in [1.807, 2.05) is 0 Å². The van der Waals surface area contributed by atoms with E-state index in [1.54, 1.807) is 19.1 Å². The standard InChI is InChI=1S/C12H13FN4O2/c1-7-4-5-8(6-9(7)13)10-14-15-16-17(10)12(2,3)11(18)19/h4-6H,1-3H3,(H,18,19). The van der Waals surface area contributed by atoms with Crippen LogP contribution in [0.4, 0.5) is 4.39 Å². The SMILES string of the molecule is Cc1ccc(-c2nnnn2C(C)(C)C(=O)O)cc1F. The highest BCUT2D eigenvalue weighted by molar-refractivity contribution is 5.76. The Balaban J connectivity index is 2.56. The van der Waals surface area contributed by atoms with E-state index in [2.05, 4.69) is 15.5 Å². The fourth-order valence-electron chi connectivity index (χ4n) is 1.57. The second-order valence-corrected chi connectivity index (χ2v) is 4.74. The van der Waals surface area contributed by atoms with E-state index in [4.69, 9.17) is 0 Å². The van der Waals surface area contributed by atoms with Crippen molar-refractivity contribution < 1.29 is 14.3 Å². The van der Waals surface area contributed by atoms with Gasteiger partial charge in [0.15, 0.2) is 11.4 Å². The third kappa shape index (κ3) is 2.18. The van der Waals surface area contributed by atoms with Crippen LogP contribution in [0.15, 0.2) is 18.2 Å². The van der Waals surface area contributed by atoms with Crippen LogP contribution >= 0.6 is 0 Å². The first-order valence-electron chi connectivity index (χ1n) is 5.63. The summed E-state index contributed by atoms with van der Waals surface area (Å²) in [5.74, 6) is -1.25. The molecule has 1 aromatic heterocycles. The van der Waals surface area contributed by atoms with Crippen LogP contribution in [0.1, 0.15) is 19.4 Å². The highest BCUT2D eigenvalue weighted by atomic mass is 19.1. The number of halogens is 1. The fraction of sp³-hybridized carbons (Fsp3) is 0.333. The number of hydrogen-bond acceptors (Lipinski definition) is 4. The van der Waals surface area contributed by atoms with Crippen molar-refractivity contribution in [2.75, 3.05) is 0 Å². The molecule has 0 fully saturated rings. The lowest BCUT2D eigenvalue weighted by Gasteiger charge is -2.20. The van der Waals surface area contributed by atoms with Gasteiger partial charge < -0.3 is 5.11 Å². The molecule has 100 valence electrons. The Morgan fingerprint density at radius 2 is 2.11 bits per heavy atom. The van der Waals surface area contributed by atoms with Crippen molar-refractivity contribution in [2.45, 2.75) is 26.3 Å². The second-order valence-electron chi connectivity index (χ2n) is 4.74. The summed E-state index contributed by atoms with van der Waals surface area (Å²) in [6.07, 6.45) is 0. The highest BCUT2D eigenvalue weighted by Gasteiger charge is 2.33. The van der Waals surface area contributed by atoms with Gasteiger partial charge in [0.05, 0.1) is 0 Å². The van der Waals surface area contributed by atoms with Gasteiger partial charge in [-0.1, -0.05) is 12.1 Å². The normalized spacial score (nSPS) is 11.6. The smallest absolute Gasteiger partial charge is 0.331 e. The molecule has 19 heavy (non-hydrogen) atoms. The molecule has 0 amide bonds. The van der Waals surface area contributed by atoms with Crippen molar-refractivity contribution in [3.8, 4) is 11.4 Å². The van der Waals surface area contributed by atoms with Gasteiger partial charge in [0, 0.05) is 5.56 Å². The minimum atomic E-state index is -1.32. The van der Waals surface area contributed by atoms with Gasteiger partial charge in [-0.2, -0.15) is 0 Å². The van der Waals surface area contributed by atoms with Gasteiger partial charge in [-0.05, 0) is 42.8 Å². The molecule has 0 saturated heterocycles. The number of hydrogen-bond donors (Lipinski definition) is 1. The Bertz CT molecular complexity index is 636. The van der Waals surface area contributed by atoms with Gasteiger partial charge in [0.1, 0.15) is 5.82 Å². The summed E-state index contributed by atoms with van der Waals surface area (Å²) in [7, 11) is 0. The monoisotopic (exact) mass is 264 g/mol. The molecular formula is C12H13FN4O2. The predicted molar refractivity (Wildman–Crippen MR) is 64.9 cm³/mol. The molecular weight excluding hydrogens is 251 g/mol. The van der Waals surface area contributed by atoms with E-state index in [1.165, 1.54) is 24.6 Å². The average molecular weight is 264 g/mol. The molecule has 2 rings (SSSR count). The van der Waals surface area contributed by atoms with E-state index >= 15 is 0 Å². The lowest BCUT2D eigenvalue weighted by atomic mass is 10.1. The number of nitrogens with zero attached hydrogens (tertiary/aromatic N) is 4. The number of carboxylic acids is 1. The number of aryl methyl sites for hydroxylation is 1. The van der Waals surface area contributed by atoms with Gasteiger partial charge in [-0.3, -0.25) is 0 Å². The number of aliphatic carboxylic acids is 1. The van der Waals surface area contributed by atoms with Crippen LogP contribution in [-0.4, -0.2) is 31.3 Å². The van der Waals surface area contributed by atoms with Crippen LogP contribution < -0.4 is 0 Å². The highest BCUT2D eigenvalue weighted by Crippen LogP contribution is 2.24. The van der Waals surface area contributed by atoms with E-state index in [0.717, 1.165) is 0 Å². The van der Waals surface area contributed by atoms with Gasteiger partial charge >= 0.3 is 5.97 Å². The third-order valence-electron chi connectivity index (χ3n) is 2.95. The van der Waals surface area contributed by atoms with Crippen molar-refractivity contribution in [1.82, 2.24) is 20.2 Å². The molecule has 7 heteroatoms. The number of rotatable bonds is 3. The molecule has 0 radical (unpaired) electrons. The maximum absolute atomic E-state index is 13.6. The van der Waals surface area contributed by atoms with Crippen molar-refractivity contribution in [1.29, 1.82) is 0 Å². The zero-order chi connectivity index (χ0) is 14.2. The summed E-state index contributed by atoms with van der Waals surface area (Å²) in [5, 5.41) is 20.1. The van der Waals surface area contributed by atoms with Gasteiger partial charge in [-0.15, -0.1) is 5.10 Å². The zero-order valence-corrected chi connectivity index (χ0v) is 10.8. The number of benzene rings is 1. The first-order chi connectivity index (χ1) is 8.84. The zero-order valence-electron chi connectivity index (χ0n) is 10.8. The first kappa shape index (κ1) is 13.1. The summed E-state index contributed by atoms with van der Waals surface area (Å²) in [5.41, 5.74) is -0.386. The van der Waals surface area contributed by atoms with Crippen LogP contribution in [0.25, 0.3) is 11.4 Å². The van der Waals surface area contributed by atoms with Crippen molar-refractivity contribution >= 4 is 5.97 Å². The largest absolute Gasteiger partial charge is 0.479 e. The van der Waals surface area contributed by atoms with Crippen molar-refractivity contribution in [3.05, 3.63) is 29.6 Å². The first-order valence-corrected chi connectivity index (χ1v) is 5.63. The van der Waals surface area contributed by atoms with Gasteiger partial charge in [0.2, 0.25) is 0 Å². The molecule has 0 unspecified atom stereocenters. The fourth-order valence-corrected chi connectivity index (χ4v) is 1.57. The number of tetrazole rings is 1. The summed E-state index contributed by atoms with van der Waals surface area (Å²) < 4.78 is 14.7. The Morgan fingerprint density at radius 3 is 2.68 bits per heavy atom. The molecule has 0 aliphatic carbocycles. The summed E-state index contributed by atoms with van der Waals surface area (Å²) in [6.45, 7) is 4.59. The van der Waals surface area contributed by atoms with E-state index < -0.39 is 11.5 Å². The summed E-state index contributed by atoms with van der Waals surface area (Å²) >= 11 is 0. The number of aromatic nitrogens is 4. The molecule has 2 aromatic rings. The topological polar surface area (TPSA) is 80.9 Å². The molecule has 0 aliphatic heterocycles. The quantitative estimate of drug-likeness (QED) is 0.910. The Kier molecular flexibility index (Phi) is 3.05. The van der Waals surface area contributed by atoms with Crippen molar-refractivity contribution in [2.24, 2.45) is 0 Å². The summed E-state index contributed by atoms with van der Waals surface area (Å²) in [4.78, 5) is 11.2. The number of carboxylic acid groups (broad SMARTS) is 1. The Labute approximate surface area is 108 Å². The molecule has 6 nitrogen and oxygen atoms in total. The minimum Gasteiger partial charge on any atom is -0.479 e. The molecule has 1 heterocycles. The van der Waals surface area contributed by atoms with Gasteiger partial charge in [0.25, 0.3) is 0 Å². The van der Waals surface area contributed by atoms with E-state index in [0.29, 0.717) is 11.1 Å². The van der Waals surface area contributed by atoms with Crippen LogP contribution in [0.2, 0.25) is 0 Å². The van der Waals surface area contributed by atoms with Crippen LogP contribution in [0.3, 0.4) is 0 Å². The molecule has 0 saturated carbocycles. The van der Waals surface area contributed by atoms with Crippen molar-refractivity contribution in [3.63, 3.8) is 0 Å².